The fraction of sp³-hybridized carbons (Fsp3) is 0.667. The average molecular weight is 349 g/mol. The van der Waals surface area contributed by atoms with Crippen LogP contribution in [0.3, 0.4) is 0 Å². The molecule has 0 N–H and O–H groups in total. The largest absolute Gasteiger partial charge is 0.493 e. The van der Waals surface area contributed by atoms with Crippen molar-refractivity contribution in [1.29, 1.82) is 0 Å². The van der Waals surface area contributed by atoms with Gasteiger partial charge in [0.1, 0.15) is 5.69 Å². The lowest BCUT2D eigenvalue weighted by molar-refractivity contribution is -0.131. The normalized spacial score (nSPS) is 22.1. The molecule has 0 bridgehead atoms. The number of ether oxygens (including phenoxy) is 3. The van der Waals surface area contributed by atoms with E-state index in [0.29, 0.717) is 36.9 Å². The van der Waals surface area contributed by atoms with Crippen molar-refractivity contribution < 1.29 is 19.0 Å². The lowest BCUT2D eigenvalue weighted by Gasteiger charge is -2.24. The Bertz CT molecular complexity index is 590. The molecule has 1 unspecified atom stereocenters. The van der Waals surface area contributed by atoms with Crippen molar-refractivity contribution in [2.45, 2.75) is 19.4 Å². The molecule has 3 rings (SSSR count). The lowest BCUT2D eigenvalue weighted by atomic mass is 10.1. The molecule has 0 aromatic carbocycles. The molecule has 2 aliphatic heterocycles. The number of methoxy groups -OCH3 is 2. The van der Waals surface area contributed by atoms with Crippen molar-refractivity contribution in [2.24, 2.45) is 5.92 Å². The Kier molecular flexibility index (Phi) is 6.09. The molecule has 138 valence electrons. The second kappa shape index (κ2) is 8.49. The minimum Gasteiger partial charge on any atom is -0.493 e. The summed E-state index contributed by atoms with van der Waals surface area (Å²) in [4.78, 5) is 21.2. The van der Waals surface area contributed by atoms with Crippen LogP contribution in [0, 0.1) is 5.92 Å². The summed E-state index contributed by atoms with van der Waals surface area (Å²) in [7, 11) is 3.20. The van der Waals surface area contributed by atoms with Crippen LogP contribution in [-0.4, -0.2) is 74.3 Å². The fourth-order valence-electron chi connectivity index (χ4n) is 3.50. The van der Waals surface area contributed by atoms with E-state index in [2.05, 4.69) is 9.88 Å². The molecule has 0 aliphatic carbocycles. The smallest absolute Gasteiger partial charge is 0.224 e. The molecule has 1 atom stereocenters. The molecule has 2 saturated heterocycles. The van der Waals surface area contributed by atoms with Gasteiger partial charge in [-0.1, -0.05) is 0 Å². The molecule has 7 heteroatoms. The van der Waals surface area contributed by atoms with Gasteiger partial charge in [-0.25, -0.2) is 0 Å². The summed E-state index contributed by atoms with van der Waals surface area (Å²) in [6, 6.07) is 1.76. The summed E-state index contributed by atoms with van der Waals surface area (Å²) in [5, 5.41) is 0. The Balaban J connectivity index is 1.63. The van der Waals surface area contributed by atoms with Crippen LogP contribution in [0.1, 0.15) is 18.5 Å². The molecular formula is C18H27N3O4. The Morgan fingerprint density at radius 3 is 2.88 bits per heavy atom. The first-order valence-electron chi connectivity index (χ1n) is 8.85. The number of hydrogen-bond acceptors (Lipinski definition) is 6. The number of nitrogens with zero attached hydrogens (tertiary/aromatic N) is 3. The van der Waals surface area contributed by atoms with Gasteiger partial charge < -0.3 is 24.0 Å². The first-order chi connectivity index (χ1) is 12.2. The SMILES string of the molecule is COc1ccnc(CN2CCN(CC3CCOC3)CCC2=O)c1OC. The molecular weight excluding hydrogens is 322 g/mol. The number of rotatable bonds is 6. The Morgan fingerprint density at radius 2 is 2.16 bits per heavy atom. The van der Waals surface area contributed by atoms with Crippen molar-refractivity contribution in [3.63, 3.8) is 0 Å². The second-order valence-electron chi connectivity index (χ2n) is 6.59. The van der Waals surface area contributed by atoms with E-state index in [0.717, 1.165) is 45.0 Å². The van der Waals surface area contributed by atoms with Crippen LogP contribution in [0.5, 0.6) is 11.5 Å². The van der Waals surface area contributed by atoms with E-state index in [9.17, 15) is 4.79 Å². The molecule has 25 heavy (non-hydrogen) atoms. The van der Waals surface area contributed by atoms with Gasteiger partial charge in [-0.2, -0.15) is 0 Å². The highest BCUT2D eigenvalue weighted by Gasteiger charge is 2.26. The van der Waals surface area contributed by atoms with Gasteiger partial charge in [-0.15, -0.1) is 0 Å². The summed E-state index contributed by atoms with van der Waals surface area (Å²) >= 11 is 0. The molecule has 0 spiro atoms. The lowest BCUT2D eigenvalue weighted by Crippen LogP contribution is -2.35. The van der Waals surface area contributed by atoms with Crippen LogP contribution >= 0.6 is 0 Å². The minimum absolute atomic E-state index is 0.164. The highest BCUT2D eigenvalue weighted by atomic mass is 16.5. The van der Waals surface area contributed by atoms with Crippen LogP contribution in [0.2, 0.25) is 0 Å². The zero-order chi connectivity index (χ0) is 17.6. The maximum absolute atomic E-state index is 12.5. The van der Waals surface area contributed by atoms with Crippen molar-refractivity contribution in [3.05, 3.63) is 18.0 Å². The van der Waals surface area contributed by atoms with E-state index in [1.54, 1.807) is 26.5 Å². The van der Waals surface area contributed by atoms with Gasteiger partial charge in [0.15, 0.2) is 11.5 Å². The predicted molar refractivity (Wildman–Crippen MR) is 92.7 cm³/mol. The molecule has 0 radical (unpaired) electrons. The first-order valence-corrected chi connectivity index (χ1v) is 8.85. The standard InChI is InChI=1S/C18H27N3O4/c1-23-16-3-6-19-15(18(16)24-2)12-21-9-8-20(7-4-17(21)22)11-14-5-10-25-13-14/h3,6,14H,4-5,7-13H2,1-2H3. The number of pyridine rings is 1. The first kappa shape index (κ1) is 17.9. The van der Waals surface area contributed by atoms with Gasteiger partial charge in [0.2, 0.25) is 5.91 Å². The molecule has 2 fully saturated rings. The third kappa shape index (κ3) is 4.41. The monoisotopic (exact) mass is 349 g/mol. The molecule has 1 aromatic rings. The third-order valence-electron chi connectivity index (χ3n) is 4.93. The Morgan fingerprint density at radius 1 is 1.28 bits per heavy atom. The topological polar surface area (TPSA) is 64.1 Å². The van der Waals surface area contributed by atoms with Crippen molar-refractivity contribution in [1.82, 2.24) is 14.8 Å². The second-order valence-corrected chi connectivity index (χ2v) is 6.59. The minimum atomic E-state index is 0.164. The quantitative estimate of drug-likeness (QED) is 0.768. The van der Waals surface area contributed by atoms with Gasteiger partial charge in [0, 0.05) is 51.5 Å². The summed E-state index contributed by atoms with van der Waals surface area (Å²) in [5.74, 6) is 2.00. The van der Waals surface area contributed by atoms with Crippen LogP contribution in [0.25, 0.3) is 0 Å². The van der Waals surface area contributed by atoms with Gasteiger partial charge in [-0.05, 0) is 12.3 Å². The van der Waals surface area contributed by atoms with Gasteiger partial charge in [-0.3, -0.25) is 9.78 Å². The summed E-state index contributed by atoms with van der Waals surface area (Å²) in [6.07, 6.45) is 3.35. The van der Waals surface area contributed by atoms with Gasteiger partial charge in [0.05, 0.1) is 27.4 Å². The number of amides is 1. The van der Waals surface area contributed by atoms with Gasteiger partial charge in [0.25, 0.3) is 0 Å². The van der Waals surface area contributed by atoms with Crippen LogP contribution < -0.4 is 9.47 Å². The molecule has 1 aromatic heterocycles. The van der Waals surface area contributed by atoms with E-state index < -0.39 is 0 Å². The van der Waals surface area contributed by atoms with E-state index in [-0.39, 0.29) is 5.91 Å². The molecule has 3 heterocycles. The van der Waals surface area contributed by atoms with E-state index in [4.69, 9.17) is 14.2 Å². The zero-order valence-corrected chi connectivity index (χ0v) is 15.1. The Labute approximate surface area is 148 Å². The Hall–Kier alpha value is -1.86. The van der Waals surface area contributed by atoms with E-state index >= 15 is 0 Å². The molecule has 2 aliphatic rings. The fourth-order valence-corrected chi connectivity index (χ4v) is 3.50. The van der Waals surface area contributed by atoms with Crippen molar-refractivity contribution in [3.8, 4) is 11.5 Å². The van der Waals surface area contributed by atoms with Crippen molar-refractivity contribution in [2.75, 3.05) is 53.6 Å². The number of hydrogen-bond donors (Lipinski definition) is 0. The number of carbonyl (C=O) groups excluding carboxylic acids is 1. The number of carbonyl (C=O) groups is 1. The zero-order valence-electron chi connectivity index (χ0n) is 15.1. The van der Waals surface area contributed by atoms with E-state index in [1.807, 2.05) is 4.90 Å². The van der Waals surface area contributed by atoms with Gasteiger partial charge >= 0.3 is 0 Å². The van der Waals surface area contributed by atoms with Crippen LogP contribution in [-0.2, 0) is 16.1 Å². The summed E-state index contributed by atoms with van der Waals surface area (Å²) in [6.45, 7) is 5.57. The van der Waals surface area contributed by atoms with Crippen LogP contribution in [0.15, 0.2) is 12.3 Å². The number of aromatic nitrogens is 1. The highest BCUT2D eigenvalue weighted by Crippen LogP contribution is 2.30. The highest BCUT2D eigenvalue weighted by molar-refractivity contribution is 5.76. The molecule has 0 saturated carbocycles. The van der Waals surface area contributed by atoms with Crippen molar-refractivity contribution >= 4 is 5.91 Å². The summed E-state index contributed by atoms with van der Waals surface area (Å²) < 4.78 is 16.2. The maximum Gasteiger partial charge on any atom is 0.224 e. The third-order valence-corrected chi connectivity index (χ3v) is 4.93. The van der Waals surface area contributed by atoms with E-state index in [1.165, 1.54) is 0 Å². The summed E-state index contributed by atoms with van der Waals surface area (Å²) in [5.41, 5.74) is 0.729. The molecule has 7 nitrogen and oxygen atoms in total. The maximum atomic E-state index is 12.5. The average Bonchev–Trinajstić information content (AvgIpc) is 3.08. The molecule has 1 amide bonds. The predicted octanol–water partition coefficient (Wildman–Crippen LogP) is 1.17. The van der Waals surface area contributed by atoms with Crippen LogP contribution in [0.4, 0.5) is 0 Å².